The van der Waals surface area contributed by atoms with Gasteiger partial charge in [-0.1, -0.05) is 30.3 Å². The van der Waals surface area contributed by atoms with Gasteiger partial charge >= 0.3 is 0 Å². The number of rotatable bonds is 5. The Kier molecular flexibility index (Phi) is 4.65. The van der Waals surface area contributed by atoms with Gasteiger partial charge in [0.1, 0.15) is 5.58 Å². The predicted octanol–water partition coefficient (Wildman–Crippen LogP) is 5.12. The zero-order valence-electron chi connectivity index (χ0n) is 15.7. The van der Waals surface area contributed by atoms with Gasteiger partial charge in [0.25, 0.3) is 0 Å². The van der Waals surface area contributed by atoms with Crippen molar-refractivity contribution in [2.75, 3.05) is 13.2 Å². The molecule has 0 aliphatic heterocycles. The molecule has 0 fully saturated rings. The van der Waals surface area contributed by atoms with Gasteiger partial charge in [-0.05, 0) is 48.9 Å². The third kappa shape index (κ3) is 2.95. The number of benzene rings is 3. The van der Waals surface area contributed by atoms with Gasteiger partial charge in [0.05, 0.1) is 18.6 Å². The highest BCUT2D eigenvalue weighted by molar-refractivity contribution is 6.06. The lowest BCUT2D eigenvalue weighted by atomic mass is 10.0. The van der Waals surface area contributed by atoms with Crippen LogP contribution in [0.25, 0.3) is 33.1 Å². The van der Waals surface area contributed by atoms with Crippen LogP contribution in [0.3, 0.4) is 0 Å². The van der Waals surface area contributed by atoms with Crippen LogP contribution in [0.4, 0.5) is 0 Å². The van der Waals surface area contributed by atoms with Gasteiger partial charge in [0.15, 0.2) is 17.3 Å². The highest BCUT2D eigenvalue weighted by Crippen LogP contribution is 2.37. The van der Waals surface area contributed by atoms with Crippen LogP contribution >= 0.6 is 0 Å². The summed E-state index contributed by atoms with van der Waals surface area (Å²) in [6.07, 6.45) is 0. The van der Waals surface area contributed by atoms with Crippen LogP contribution < -0.4 is 14.9 Å². The van der Waals surface area contributed by atoms with Crippen molar-refractivity contribution in [1.29, 1.82) is 0 Å². The van der Waals surface area contributed by atoms with E-state index in [9.17, 15) is 9.90 Å². The molecule has 3 aromatic carbocycles. The lowest BCUT2D eigenvalue weighted by molar-refractivity contribution is 0.288. The van der Waals surface area contributed by atoms with Crippen LogP contribution in [0.2, 0.25) is 0 Å². The highest BCUT2D eigenvalue weighted by Gasteiger charge is 2.18. The van der Waals surface area contributed by atoms with Crippen LogP contribution in [-0.4, -0.2) is 18.3 Å². The molecule has 4 rings (SSSR count). The van der Waals surface area contributed by atoms with Crippen molar-refractivity contribution in [2.45, 2.75) is 13.8 Å². The first-order valence-corrected chi connectivity index (χ1v) is 9.21. The molecule has 0 unspecified atom stereocenters. The van der Waals surface area contributed by atoms with Gasteiger partial charge < -0.3 is 19.0 Å². The maximum Gasteiger partial charge on any atom is 0.235 e. The van der Waals surface area contributed by atoms with Crippen LogP contribution in [0.15, 0.2) is 63.8 Å². The van der Waals surface area contributed by atoms with Crippen LogP contribution in [-0.2, 0) is 0 Å². The van der Waals surface area contributed by atoms with Gasteiger partial charge in [-0.2, -0.15) is 0 Å². The molecule has 0 amide bonds. The Morgan fingerprint density at radius 1 is 0.929 bits per heavy atom. The number of hydrogen-bond donors (Lipinski definition) is 1. The number of hydrogen-bond acceptors (Lipinski definition) is 5. The van der Waals surface area contributed by atoms with E-state index >= 15 is 0 Å². The Bertz CT molecular complexity index is 1220. The normalized spacial score (nSPS) is 11.1. The first kappa shape index (κ1) is 17.9. The maximum atomic E-state index is 13.0. The van der Waals surface area contributed by atoms with E-state index in [1.165, 1.54) is 0 Å². The predicted molar refractivity (Wildman–Crippen MR) is 109 cm³/mol. The summed E-state index contributed by atoms with van der Waals surface area (Å²) in [6, 6.07) is 16.3. The summed E-state index contributed by atoms with van der Waals surface area (Å²) in [5.41, 5.74) is 0.500. The molecule has 0 aliphatic carbocycles. The fourth-order valence-corrected chi connectivity index (χ4v) is 3.34. The van der Waals surface area contributed by atoms with Crippen molar-refractivity contribution in [3.63, 3.8) is 0 Å². The van der Waals surface area contributed by atoms with Crippen molar-refractivity contribution in [1.82, 2.24) is 0 Å². The smallest absolute Gasteiger partial charge is 0.235 e. The van der Waals surface area contributed by atoms with Crippen molar-refractivity contribution in [3.05, 3.63) is 64.8 Å². The standard InChI is InChI=1S/C23H20O5/c1-3-26-17-11-10-15(13-19(17)27-4-2)23-22(25)21(24)20-16-8-6-5-7-14(16)9-12-18(20)28-23/h5-13,25H,3-4H2,1-2H3. The summed E-state index contributed by atoms with van der Waals surface area (Å²) in [5, 5.41) is 12.7. The van der Waals surface area contributed by atoms with Crippen molar-refractivity contribution < 1.29 is 19.0 Å². The topological polar surface area (TPSA) is 68.9 Å². The summed E-state index contributed by atoms with van der Waals surface area (Å²) in [5.74, 6) is 0.816. The second kappa shape index (κ2) is 7.27. The lowest BCUT2D eigenvalue weighted by Crippen LogP contribution is -2.04. The fraction of sp³-hybridized carbons (Fsp3) is 0.174. The molecule has 5 heteroatoms. The largest absolute Gasteiger partial charge is 0.502 e. The molecule has 0 radical (unpaired) electrons. The van der Waals surface area contributed by atoms with Crippen LogP contribution in [0.5, 0.6) is 17.2 Å². The zero-order chi connectivity index (χ0) is 19.7. The Labute approximate surface area is 161 Å². The lowest BCUT2D eigenvalue weighted by Gasteiger charge is -2.13. The van der Waals surface area contributed by atoms with E-state index in [0.29, 0.717) is 41.2 Å². The van der Waals surface area contributed by atoms with Crippen molar-refractivity contribution in [2.24, 2.45) is 0 Å². The van der Waals surface area contributed by atoms with Gasteiger partial charge in [0.2, 0.25) is 11.2 Å². The number of aromatic hydroxyl groups is 1. The maximum absolute atomic E-state index is 13.0. The minimum Gasteiger partial charge on any atom is -0.502 e. The second-order valence-electron chi connectivity index (χ2n) is 6.30. The Morgan fingerprint density at radius 3 is 2.46 bits per heavy atom. The first-order valence-electron chi connectivity index (χ1n) is 9.21. The summed E-state index contributed by atoms with van der Waals surface area (Å²) < 4.78 is 17.2. The van der Waals surface area contributed by atoms with E-state index in [1.54, 1.807) is 24.3 Å². The Balaban J connectivity index is 1.95. The Hall–Kier alpha value is -3.47. The SMILES string of the molecule is CCOc1ccc(-c2oc3ccc4ccccc4c3c(=O)c2O)cc1OCC. The molecule has 1 aromatic heterocycles. The average Bonchev–Trinajstić information content (AvgIpc) is 2.72. The van der Waals surface area contributed by atoms with E-state index in [2.05, 4.69) is 0 Å². The number of fused-ring (bicyclic) bond motifs is 3. The first-order chi connectivity index (χ1) is 13.6. The number of ether oxygens (including phenoxy) is 2. The van der Waals surface area contributed by atoms with Crippen LogP contribution in [0.1, 0.15) is 13.8 Å². The Morgan fingerprint density at radius 2 is 1.68 bits per heavy atom. The molecule has 0 spiro atoms. The zero-order valence-corrected chi connectivity index (χ0v) is 15.7. The summed E-state index contributed by atoms with van der Waals surface area (Å²) in [7, 11) is 0. The van der Waals surface area contributed by atoms with E-state index in [0.717, 1.165) is 10.8 Å². The third-order valence-electron chi connectivity index (χ3n) is 4.57. The van der Waals surface area contributed by atoms with E-state index < -0.39 is 11.2 Å². The molecular formula is C23H20O5. The molecule has 0 aliphatic rings. The molecular weight excluding hydrogens is 356 g/mol. The summed E-state index contributed by atoms with van der Waals surface area (Å²) >= 11 is 0. The van der Waals surface area contributed by atoms with E-state index in [4.69, 9.17) is 13.9 Å². The second-order valence-corrected chi connectivity index (χ2v) is 6.30. The molecule has 0 saturated heterocycles. The molecule has 0 atom stereocenters. The van der Waals surface area contributed by atoms with Gasteiger partial charge in [-0.15, -0.1) is 0 Å². The van der Waals surface area contributed by atoms with Gasteiger partial charge in [-0.3, -0.25) is 4.79 Å². The van der Waals surface area contributed by atoms with Crippen LogP contribution in [0, 0.1) is 0 Å². The molecule has 0 saturated carbocycles. The molecule has 0 bridgehead atoms. The van der Waals surface area contributed by atoms with E-state index in [-0.39, 0.29) is 5.76 Å². The summed E-state index contributed by atoms with van der Waals surface area (Å²) in [4.78, 5) is 13.0. The average molecular weight is 376 g/mol. The van der Waals surface area contributed by atoms with Gasteiger partial charge in [-0.25, -0.2) is 0 Å². The molecule has 5 nitrogen and oxygen atoms in total. The third-order valence-corrected chi connectivity index (χ3v) is 4.57. The molecule has 4 aromatic rings. The van der Waals surface area contributed by atoms with Crippen molar-refractivity contribution in [3.8, 4) is 28.6 Å². The molecule has 142 valence electrons. The molecule has 28 heavy (non-hydrogen) atoms. The van der Waals surface area contributed by atoms with Crippen molar-refractivity contribution >= 4 is 21.7 Å². The highest BCUT2D eigenvalue weighted by atomic mass is 16.5. The summed E-state index contributed by atoms with van der Waals surface area (Å²) in [6.45, 7) is 4.73. The monoisotopic (exact) mass is 376 g/mol. The van der Waals surface area contributed by atoms with E-state index in [1.807, 2.05) is 44.2 Å². The fourth-order valence-electron chi connectivity index (χ4n) is 3.34. The minimum atomic E-state index is -0.458. The quantitative estimate of drug-likeness (QED) is 0.490. The van der Waals surface area contributed by atoms with Gasteiger partial charge in [0, 0.05) is 5.56 Å². The minimum absolute atomic E-state index is 0.108. The molecule has 1 N–H and O–H groups in total. The molecule has 1 heterocycles.